The minimum atomic E-state index is -0.456. The van der Waals surface area contributed by atoms with Gasteiger partial charge in [0.25, 0.3) is 0 Å². The molecule has 22 heavy (non-hydrogen) atoms. The molecule has 5 heteroatoms. The molecule has 0 spiro atoms. The average molecular weight is 315 g/mol. The summed E-state index contributed by atoms with van der Waals surface area (Å²) in [5.74, 6) is 0. The Hall–Kier alpha value is -0.810. The van der Waals surface area contributed by atoms with E-state index in [0.29, 0.717) is 26.3 Å². The minimum absolute atomic E-state index is 0.245. The molecule has 0 aromatic heterocycles. The van der Waals surface area contributed by atoms with Crippen LogP contribution in [0, 0.1) is 0 Å². The van der Waals surface area contributed by atoms with Crippen LogP contribution in [0.3, 0.4) is 0 Å². The average Bonchev–Trinajstić information content (AvgIpc) is 2.86. The first-order chi connectivity index (χ1) is 10.3. The monoisotopic (exact) mass is 315 g/mol. The Labute approximate surface area is 135 Å². The molecule has 1 rings (SSSR count). The first-order valence-corrected chi connectivity index (χ1v) is 8.51. The van der Waals surface area contributed by atoms with Gasteiger partial charge in [-0.05, 0) is 40.0 Å². The molecule has 1 saturated heterocycles. The van der Waals surface area contributed by atoms with Crippen molar-refractivity contribution >= 4 is 6.09 Å². The molecule has 0 bridgehead atoms. The number of unbranched alkanes of at least 4 members (excludes halogenated alkanes) is 1. The van der Waals surface area contributed by atoms with Crippen molar-refractivity contribution in [3.8, 4) is 0 Å². The van der Waals surface area contributed by atoms with Crippen molar-refractivity contribution in [2.45, 2.75) is 71.5 Å². The Bertz CT molecular complexity index is 340. The number of amides is 1. The van der Waals surface area contributed by atoms with Gasteiger partial charge in [-0.2, -0.15) is 0 Å². The number of nitrogens with zero attached hydrogens (tertiary/aromatic N) is 1. The molecule has 1 aliphatic heterocycles. The van der Waals surface area contributed by atoms with Crippen molar-refractivity contribution in [2.24, 2.45) is 0 Å². The summed E-state index contributed by atoms with van der Waals surface area (Å²) in [5, 5.41) is 0. The van der Waals surface area contributed by atoms with Crippen molar-refractivity contribution in [2.75, 3.05) is 32.9 Å². The quantitative estimate of drug-likeness (QED) is 0.642. The topological polar surface area (TPSA) is 48.0 Å². The summed E-state index contributed by atoms with van der Waals surface area (Å²) >= 11 is 0. The maximum Gasteiger partial charge on any atom is 0.410 e. The number of likely N-dealkylation sites (tertiary alicyclic amines) is 1. The van der Waals surface area contributed by atoms with Crippen molar-refractivity contribution in [3.63, 3.8) is 0 Å². The van der Waals surface area contributed by atoms with Crippen molar-refractivity contribution < 1.29 is 19.0 Å². The van der Waals surface area contributed by atoms with E-state index < -0.39 is 5.60 Å². The lowest BCUT2D eigenvalue weighted by Crippen LogP contribution is -2.40. The van der Waals surface area contributed by atoms with Crippen LogP contribution in [-0.2, 0) is 14.2 Å². The van der Waals surface area contributed by atoms with Gasteiger partial charge < -0.3 is 19.1 Å². The van der Waals surface area contributed by atoms with E-state index in [-0.39, 0.29) is 11.7 Å². The van der Waals surface area contributed by atoms with E-state index in [1.54, 1.807) is 4.90 Å². The van der Waals surface area contributed by atoms with Crippen LogP contribution >= 0.6 is 0 Å². The fourth-order valence-electron chi connectivity index (χ4n) is 2.50. The van der Waals surface area contributed by atoms with E-state index in [1.807, 2.05) is 20.8 Å². The Morgan fingerprint density at radius 2 is 1.91 bits per heavy atom. The van der Waals surface area contributed by atoms with Crippen molar-refractivity contribution in [1.29, 1.82) is 0 Å². The van der Waals surface area contributed by atoms with E-state index in [1.165, 1.54) is 0 Å². The van der Waals surface area contributed by atoms with Crippen LogP contribution in [0.1, 0.15) is 60.3 Å². The van der Waals surface area contributed by atoms with Crippen LogP contribution in [0.25, 0.3) is 0 Å². The van der Waals surface area contributed by atoms with Crippen LogP contribution in [-0.4, -0.2) is 55.1 Å². The molecular weight excluding hydrogens is 282 g/mol. The van der Waals surface area contributed by atoms with Gasteiger partial charge in [0.15, 0.2) is 0 Å². The fourth-order valence-corrected chi connectivity index (χ4v) is 2.50. The van der Waals surface area contributed by atoms with Gasteiger partial charge in [0.05, 0.1) is 25.4 Å². The molecular formula is C17H33NO4. The van der Waals surface area contributed by atoms with Gasteiger partial charge in [-0.25, -0.2) is 4.79 Å². The summed E-state index contributed by atoms with van der Waals surface area (Å²) in [6.07, 6.45) is 3.74. The molecule has 0 saturated carbocycles. The molecule has 1 unspecified atom stereocenters. The van der Waals surface area contributed by atoms with E-state index in [2.05, 4.69) is 13.8 Å². The zero-order valence-corrected chi connectivity index (χ0v) is 14.9. The summed E-state index contributed by atoms with van der Waals surface area (Å²) in [7, 11) is 0. The molecule has 0 aliphatic carbocycles. The molecule has 1 heterocycles. The highest BCUT2D eigenvalue weighted by Gasteiger charge is 2.40. The van der Waals surface area contributed by atoms with Crippen molar-refractivity contribution in [1.82, 2.24) is 4.90 Å². The standard InChI is InChI=1S/C17H33NO4/c1-6-8-11-20-12-13-21-17(7-2)9-10-18(14-17)15(19)22-16(3,4)5/h6-14H2,1-5H3. The van der Waals surface area contributed by atoms with E-state index >= 15 is 0 Å². The Morgan fingerprint density at radius 1 is 1.18 bits per heavy atom. The predicted octanol–water partition coefficient (Wildman–Crippen LogP) is 3.61. The zero-order valence-electron chi connectivity index (χ0n) is 14.9. The number of carbonyl (C=O) groups excluding carboxylic acids is 1. The van der Waals surface area contributed by atoms with Gasteiger partial charge in [0, 0.05) is 13.2 Å². The molecule has 0 aromatic carbocycles. The first kappa shape index (κ1) is 19.2. The second-order valence-electron chi connectivity index (χ2n) is 7.00. The largest absolute Gasteiger partial charge is 0.444 e. The van der Waals surface area contributed by atoms with Crippen LogP contribution in [0.15, 0.2) is 0 Å². The van der Waals surface area contributed by atoms with Crippen LogP contribution in [0.4, 0.5) is 4.79 Å². The van der Waals surface area contributed by atoms with Crippen molar-refractivity contribution in [3.05, 3.63) is 0 Å². The van der Waals surface area contributed by atoms with Gasteiger partial charge >= 0.3 is 6.09 Å². The number of hydrogen-bond donors (Lipinski definition) is 0. The lowest BCUT2D eigenvalue weighted by molar-refractivity contribution is -0.0642. The predicted molar refractivity (Wildman–Crippen MR) is 87.1 cm³/mol. The molecule has 0 aromatic rings. The molecule has 1 atom stereocenters. The van der Waals surface area contributed by atoms with Crippen LogP contribution < -0.4 is 0 Å². The summed E-state index contributed by atoms with van der Waals surface area (Å²) in [5.41, 5.74) is -0.701. The second kappa shape index (κ2) is 8.73. The maximum atomic E-state index is 12.1. The van der Waals surface area contributed by atoms with Gasteiger partial charge in [-0.1, -0.05) is 20.3 Å². The molecule has 0 N–H and O–H groups in total. The fraction of sp³-hybridized carbons (Fsp3) is 0.941. The molecule has 1 amide bonds. The highest BCUT2D eigenvalue weighted by atomic mass is 16.6. The summed E-state index contributed by atoms with van der Waals surface area (Å²) in [6.45, 7) is 13.2. The van der Waals surface area contributed by atoms with Gasteiger partial charge in [-0.3, -0.25) is 0 Å². The third kappa shape index (κ3) is 6.53. The highest BCUT2D eigenvalue weighted by Crippen LogP contribution is 2.29. The summed E-state index contributed by atoms with van der Waals surface area (Å²) in [6, 6.07) is 0. The Balaban J connectivity index is 2.37. The summed E-state index contributed by atoms with van der Waals surface area (Å²) < 4.78 is 17.0. The zero-order chi connectivity index (χ0) is 16.6. The Kier molecular flexibility index (Phi) is 7.63. The number of carbonyl (C=O) groups is 1. The SMILES string of the molecule is CCCCOCCOC1(CC)CCN(C(=O)OC(C)(C)C)C1. The number of ether oxygens (including phenoxy) is 3. The third-order valence-corrected chi connectivity index (χ3v) is 3.89. The maximum absolute atomic E-state index is 12.1. The normalized spacial score (nSPS) is 22.1. The second-order valence-corrected chi connectivity index (χ2v) is 7.00. The third-order valence-electron chi connectivity index (χ3n) is 3.89. The first-order valence-electron chi connectivity index (χ1n) is 8.51. The molecule has 0 radical (unpaired) electrons. The van der Waals surface area contributed by atoms with Crippen LogP contribution in [0.5, 0.6) is 0 Å². The lowest BCUT2D eigenvalue weighted by Gasteiger charge is -2.29. The van der Waals surface area contributed by atoms with E-state index in [4.69, 9.17) is 14.2 Å². The summed E-state index contributed by atoms with van der Waals surface area (Å²) in [4.78, 5) is 13.9. The van der Waals surface area contributed by atoms with E-state index in [9.17, 15) is 4.79 Å². The molecule has 1 fully saturated rings. The molecule has 1 aliphatic rings. The molecule has 130 valence electrons. The van der Waals surface area contributed by atoms with Gasteiger partial charge in [0.2, 0.25) is 0 Å². The van der Waals surface area contributed by atoms with E-state index in [0.717, 1.165) is 32.3 Å². The number of rotatable bonds is 8. The van der Waals surface area contributed by atoms with Gasteiger partial charge in [-0.15, -0.1) is 0 Å². The van der Waals surface area contributed by atoms with Gasteiger partial charge in [0.1, 0.15) is 5.60 Å². The smallest absolute Gasteiger partial charge is 0.410 e. The number of hydrogen-bond acceptors (Lipinski definition) is 4. The Morgan fingerprint density at radius 3 is 2.50 bits per heavy atom. The minimum Gasteiger partial charge on any atom is -0.444 e. The highest BCUT2D eigenvalue weighted by molar-refractivity contribution is 5.68. The molecule has 5 nitrogen and oxygen atoms in total. The lowest BCUT2D eigenvalue weighted by atomic mass is 10.00. The van der Waals surface area contributed by atoms with Crippen LogP contribution in [0.2, 0.25) is 0 Å².